The fourth-order valence-corrected chi connectivity index (χ4v) is 3.21. The van der Waals surface area contributed by atoms with Gasteiger partial charge < -0.3 is 4.98 Å². The van der Waals surface area contributed by atoms with Crippen LogP contribution in [0.1, 0.15) is 58.9 Å². The number of rotatable bonds is 7. The number of nitrogens with zero attached hydrogens (tertiary/aromatic N) is 1. The molecule has 0 aliphatic rings. The SMILES string of the molecule is CCC(C)(C)SCCC(=O)Nc1nc2ccc(C(C)C)cc2[nH]1. The summed E-state index contributed by atoms with van der Waals surface area (Å²) >= 11 is 1.84. The summed E-state index contributed by atoms with van der Waals surface area (Å²) in [5.41, 5.74) is 3.11. The van der Waals surface area contributed by atoms with Crippen LogP contribution in [-0.4, -0.2) is 26.4 Å². The Morgan fingerprint density at radius 3 is 2.78 bits per heavy atom. The van der Waals surface area contributed by atoms with Crippen molar-refractivity contribution in [2.24, 2.45) is 0 Å². The molecule has 5 heteroatoms. The first kappa shape index (κ1) is 17.9. The number of carbonyl (C=O) groups is 1. The molecule has 0 spiro atoms. The number of hydrogen-bond donors (Lipinski definition) is 2. The summed E-state index contributed by atoms with van der Waals surface area (Å²) in [5, 5.41) is 2.87. The van der Waals surface area contributed by atoms with E-state index in [9.17, 15) is 4.79 Å². The predicted octanol–water partition coefficient (Wildman–Crippen LogP) is 4.94. The Kier molecular flexibility index (Phi) is 5.74. The molecule has 23 heavy (non-hydrogen) atoms. The first-order valence-corrected chi connectivity index (χ1v) is 9.23. The van der Waals surface area contributed by atoms with E-state index in [-0.39, 0.29) is 10.7 Å². The van der Waals surface area contributed by atoms with Crippen molar-refractivity contribution in [3.63, 3.8) is 0 Å². The van der Waals surface area contributed by atoms with E-state index in [2.05, 4.69) is 62.0 Å². The molecule has 2 aromatic rings. The number of H-pyrrole nitrogens is 1. The van der Waals surface area contributed by atoms with Gasteiger partial charge in [0.2, 0.25) is 11.9 Å². The van der Waals surface area contributed by atoms with Crippen LogP contribution in [0.5, 0.6) is 0 Å². The van der Waals surface area contributed by atoms with E-state index in [0.717, 1.165) is 23.2 Å². The molecule has 4 nitrogen and oxygen atoms in total. The first-order chi connectivity index (χ1) is 10.8. The van der Waals surface area contributed by atoms with Crippen molar-refractivity contribution in [3.05, 3.63) is 23.8 Å². The monoisotopic (exact) mass is 333 g/mol. The normalized spacial score (nSPS) is 12.1. The molecule has 0 radical (unpaired) electrons. The summed E-state index contributed by atoms with van der Waals surface area (Å²) in [6, 6.07) is 6.18. The van der Waals surface area contributed by atoms with Gasteiger partial charge in [0, 0.05) is 16.9 Å². The van der Waals surface area contributed by atoms with Crippen LogP contribution in [0, 0.1) is 0 Å². The maximum atomic E-state index is 12.1. The lowest BCUT2D eigenvalue weighted by molar-refractivity contribution is -0.115. The predicted molar refractivity (Wildman–Crippen MR) is 100 cm³/mol. The Bertz CT molecular complexity index is 676. The summed E-state index contributed by atoms with van der Waals surface area (Å²) < 4.78 is 0.229. The Hall–Kier alpha value is -1.49. The molecule has 2 N–H and O–H groups in total. The second kappa shape index (κ2) is 7.39. The summed E-state index contributed by atoms with van der Waals surface area (Å²) in [6.45, 7) is 10.9. The Balaban J connectivity index is 1.94. The van der Waals surface area contributed by atoms with Crippen LogP contribution in [0.25, 0.3) is 11.0 Å². The van der Waals surface area contributed by atoms with E-state index < -0.39 is 0 Å². The highest BCUT2D eigenvalue weighted by molar-refractivity contribution is 8.00. The highest BCUT2D eigenvalue weighted by atomic mass is 32.2. The van der Waals surface area contributed by atoms with Crippen molar-refractivity contribution in [1.82, 2.24) is 9.97 Å². The molecular weight excluding hydrogens is 306 g/mol. The van der Waals surface area contributed by atoms with Crippen LogP contribution < -0.4 is 5.32 Å². The fourth-order valence-electron chi connectivity index (χ4n) is 2.16. The van der Waals surface area contributed by atoms with E-state index >= 15 is 0 Å². The molecule has 0 bridgehead atoms. The zero-order valence-corrected chi connectivity index (χ0v) is 15.5. The highest BCUT2D eigenvalue weighted by Crippen LogP contribution is 2.28. The molecule has 126 valence electrons. The van der Waals surface area contributed by atoms with E-state index in [1.165, 1.54) is 5.56 Å². The number of fused-ring (bicyclic) bond motifs is 1. The van der Waals surface area contributed by atoms with Crippen molar-refractivity contribution in [2.75, 3.05) is 11.1 Å². The minimum atomic E-state index is 0.00698. The van der Waals surface area contributed by atoms with Crippen molar-refractivity contribution < 1.29 is 4.79 Å². The van der Waals surface area contributed by atoms with Crippen molar-refractivity contribution in [1.29, 1.82) is 0 Å². The third-order valence-corrected chi connectivity index (χ3v) is 5.58. The van der Waals surface area contributed by atoms with Crippen LogP contribution in [-0.2, 0) is 4.79 Å². The maximum absolute atomic E-state index is 12.1. The average molecular weight is 334 g/mol. The molecule has 0 aliphatic carbocycles. The van der Waals surface area contributed by atoms with Crippen LogP contribution in [0.2, 0.25) is 0 Å². The smallest absolute Gasteiger partial charge is 0.227 e. The molecule has 1 amide bonds. The maximum Gasteiger partial charge on any atom is 0.227 e. The van der Waals surface area contributed by atoms with Crippen LogP contribution in [0.15, 0.2) is 18.2 Å². The molecule has 1 aromatic heterocycles. The number of aromatic amines is 1. The minimum Gasteiger partial charge on any atom is -0.324 e. The van der Waals surface area contributed by atoms with E-state index in [1.54, 1.807) is 0 Å². The van der Waals surface area contributed by atoms with Gasteiger partial charge in [-0.25, -0.2) is 4.98 Å². The number of imidazole rings is 1. The number of thioether (sulfide) groups is 1. The topological polar surface area (TPSA) is 57.8 Å². The number of carbonyl (C=O) groups excluding carboxylic acids is 1. The molecule has 0 saturated carbocycles. The van der Waals surface area contributed by atoms with Crippen LogP contribution in [0.3, 0.4) is 0 Å². The van der Waals surface area contributed by atoms with E-state index in [0.29, 0.717) is 18.3 Å². The Labute approximate surface area is 142 Å². The molecule has 2 rings (SSSR count). The fraction of sp³-hybridized carbons (Fsp3) is 0.556. The summed E-state index contributed by atoms with van der Waals surface area (Å²) in [7, 11) is 0. The summed E-state index contributed by atoms with van der Waals surface area (Å²) in [5.74, 6) is 1.84. The number of amides is 1. The second-order valence-corrected chi connectivity index (χ2v) is 8.58. The Morgan fingerprint density at radius 2 is 2.13 bits per heavy atom. The third kappa shape index (κ3) is 4.99. The van der Waals surface area contributed by atoms with Gasteiger partial charge in [0.25, 0.3) is 0 Å². The van der Waals surface area contributed by atoms with Gasteiger partial charge in [0.05, 0.1) is 11.0 Å². The number of anilines is 1. The van der Waals surface area contributed by atoms with Gasteiger partial charge in [-0.2, -0.15) is 11.8 Å². The minimum absolute atomic E-state index is 0.00698. The van der Waals surface area contributed by atoms with Crippen LogP contribution in [0.4, 0.5) is 5.95 Å². The van der Waals surface area contributed by atoms with Gasteiger partial charge in [-0.05, 0) is 30.0 Å². The third-order valence-electron chi connectivity index (χ3n) is 4.10. The van der Waals surface area contributed by atoms with Gasteiger partial charge in [-0.3, -0.25) is 10.1 Å². The zero-order chi connectivity index (χ0) is 17.0. The van der Waals surface area contributed by atoms with Gasteiger partial charge >= 0.3 is 0 Å². The molecule has 1 heterocycles. The average Bonchev–Trinajstić information content (AvgIpc) is 2.87. The number of aromatic nitrogens is 2. The molecule has 0 aliphatic heterocycles. The lowest BCUT2D eigenvalue weighted by atomic mass is 10.0. The van der Waals surface area contributed by atoms with E-state index in [4.69, 9.17) is 0 Å². The number of benzene rings is 1. The molecule has 1 aromatic carbocycles. The quantitative estimate of drug-likeness (QED) is 0.755. The van der Waals surface area contributed by atoms with Gasteiger partial charge in [0.1, 0.15) is 0 Å². The Morgan fingerprint density at radius 1 is 1.39 bits per heavy atom. The van der Waals surface area contributed by atoms with Crippen LogP contribution >= 0.6 is 11.8 Å². The number of nitrogens with one attached hydrogen (secondary N) is 2. The highest BCUT2D eigenvalue weighted by Gasteiger charge is 2.16. The standard InChI is InChI=1S/C18H27N3OS/c1-6-18(4,5)23-10-9-16(22)21-17-19-14-8-7-13(12(2)3)11-15(14)20-17/h7-8,11-12H,6,9-10H2,1-5H3,(H2,19,20,21,22). The lowest BCUT2D eigenvalue weighted by Gasteiger charge is -2.21. The first-order valence-electron chi connectivity index (χ1n) is 8.24. The second-order valence-electron chi connectivity index (χ2n) is 6.78. The summed E-state index contributed by atoms with van der Waals surface area (Å²) in [6.07, 6.45) is 1.60. The lowest BCUT2D eigenvalue weighted by Crippen LogP contribution is -2.17. The zero-order valence-electron chi connectivity index (χ0n) is 14.7. The largest absolute Gasteiger partial charge is 0.324 e. The summed E-state index contributed by atoms with van der Waals surface area (Å²) in [4.78, 5) is 19.7. The molecule has 0 saturated heterocycles. The molecule has 0 fully saturated rings. The van der Waals surface area contributed by atoms with Gasteiger partial charge in [-0.1, -0.05) is 40.7 Å². The van der Waals surface area contributed by atoms with E-state index in [1.807, 2.05) is 17.8 Å². The molecule has 0 atom stereocenters. The van der Waals surface area contributed by atoms with Crippen molar-refractivity contribution in [3.8, 4) is 0 Å². The number of hydrogen-bond acceptors (Lipinski definition) is 3. The van der Waals surface area contributed by atoms with Gasteiger partial charge in [0.15, 0.2) is 0 Å². The van der Waals surface area contributed by atoms with Crippen molar-refractivity contribution >= 4 is 34.7 Å². The van der Waals surface area contributed by atoms with Gasteiger partial charge in [-0.15, -0.1) is 0 Å². The molecular formula is C18H27N3OS. The molecule has 0 unspecified atom stereocenters. The van der Waals surface area contributed by atoms with Crippen molar-refractivity contribution in [2.45, 2.75) is 58.1 Å².